The van der Waals surface area contributed by atoms with Crippen molar-refractivity contribution in [1.82, 2.24) is 10.1 Å². The summed E-state index contributed by atoms with van der Waals surface area (Å²) in [7, 11) is 0. The first-order chi connectivity index (χ1) is 7.71. The minimum Gasteiger partial charge on any atom is -0.393 e. The van der Waals surface area contributed by atoms with E-state index in [9.17, 15) is 5.11 Å². The van der Waals surface area contributed by atoms with Gasteiger partial charge in [0.15, 0.2) is 0 Å². The van der Waals surface area contributed by atoms with Crippen molar-refractivity contribution in [2.45, 2.75) is 52.2 Å². The second-order valence-corrected chi connectivity index (χ2v) is 3.66. The van der Waals surface area contributed by atoms with E-state index in [1.54, 1.807) is 0 Å². The van der Waals surface area contributed by atoms with Crippen molar-refractivity contribution >= 4 is 0 Å². The van der Waals surface area contributed by atoms with E-state index in [2.05, 4.69) is 10.1 Å². The Morgan fingerprint density at radius 2 is 2.06 bits per heavy atom. The SMILES string of the molecule is CCOC(CC)c1noc(CC(O)CC)n1. The van der Waals surface area contributed by atoms with Crippen molar-refractivity contribution in [2.75, 3.05) is 6.61 Å². The summed E-state index contributed by atoms with van der Waals surface area (Å²) < 4.78 is 10.5. The molecule has 0 aliphatic carbocycles. The van der Waals surface area contributed by atoms with Gasteiger partial charge in [-0.2, -0.15) is 4.98 Å². The fourth-order valence-electron chi connectivity index (χ4n) is 1.40. The Bertz CT molecular complexity index is 301. The molecule has 5 nitrogen and oxygen atoms in total. The molecule has 1 aromatic heterocycles. The van der Waals surface area contributed by atoms with Crippen LogP contribution < -0.4 is 0 Å². The average Bonchev–Trinajstić information content (AvgIpc) is 2.74. The number of ether oxygens (including phenoxy) is 1. The van der Waals surface area contributed by atoms with Crippen LogP contribution in [0.5, 0.6) is 0 Å². The van der Waals surface area contributed by atoms with Gasteiger partial charge in [0.2, 0.25) is 11.7 Å². The summed E-state index contributed by atoms with van der Waals surface area (Å²) in [4.78, 5) is 4.23. The van der Waals surface area contributed by atoms with Gasteiger partial charge in [-0.1, -0.05) is 19.0 Å². The van der Waals surface area contributed by atoms with E-state index in [1.165, 1.54) is 0 Å². The zero-order valence-electron chi connectivity index (χ0n) is 10.1. The second kappa shape index (κ2) is 6.60. The lowest BCUT2D eigenvalue weighted by Gasteiger charge is -2.09. The molecule has 0 saturated carbocycles. The third-order valence-electron chi connectivity index (χ3n) is 2.39. The van der Waals surface area contributed by atoms with Crippen LogP contribution in [0, 0.1) is 0 Å². The maximum absolute atomic E-state index is 9.46. The van der Waals surface area contributed by atoms with E-state index < -0.39 is 6.10 Å². The monoisotopic (exact) mass is 228 g/mol. The number of hydrogen-bond acceptors (Lipinski definition) is 5. The van der Waals surface area contributed by atoms with Crippen molar-refractivity contribution in [3.8, 4) is 0 Å². The van der Waals surface area contributed by atoms with Crippen LogP contribution in [0.1, 0.15) is 51.4 Å². The van der Waals surface area contributed by atoms with Crippen LogP contribution in [-0.2, 0) is 11.2 Å². The standard InChI is InChI=1S/C11H20N2O3/c1-4-8(14)7-10-12-11(13-16-10)9(5-2)15-6-3/h8-9,14H,4-7H2,1-3H3. The molecule has 1 N–H and O–H groups in total. The third kappa shape index (κ3) is 3.57. The Hall–Kier alpha value is -0.940. The largest absolute Gasteiger partial charge is 0.393 e. The normalized spacial score (nSPS) is 15.0. The van der Waals surface area contributed by atoms with E-state index in [0.717, 1.165) is 6.42 Å². The van der Waals surface area contributed by atoms with Crippen molar-refractivity contribution in [3.63, 3.8) is 0 Å². The summed E-state index contributed by atoms with van der Waals surface area (Å²) in [6.07, 6.45) is 1.37. The fourth-order valence-corrected chi connectivity index (χ4v) is 1.40. The van der Waals surface area contributed by atoms with Gasteiger partial charge in [-0.15, -0.1) is 0 Å². The van der Waals surface area contributed by atoms with Gasteiger partial charge in [-0.3, -0.25) is 0 Å². The van der Waals surface area contributed by atoms with E-state index >= 15 is 0 Å². The number of hydrogen-bond donors (Lipinski definition) is 1. The molecule has 2 atom stereocenters. The maximum Gasteiger partial charge on any atom is 0.229 e. The molecular weight excluding hydrogens is 208 g/mol. The number of aliphatic hydroxyl groups is 1. The highest BCUT2D eigenvalue weighted by molar-refractivity contribution is 4.92. The summed E-state index contributed by atoms with van der Waals surface area (Å²) in [5.74, 6) is 1.05. The maximum atomic E-state index is 9.46. The molecule has 0 amide bonds. The molecule has 16 heavy (non-hydrogen) atoms. The third-order valence-corrected chi connectivity index (χ3v) is 2.39. The highest BCUT2D eigenvalue weighted by Gasteiger charge is 2.17. The second-order valence-electron chi connectivity index (χ2n) is 3.66. The van der Waals surface area contributed by atoms with Gasteiger partial charge in [0.1, 0.15) is 6.10 Å². The van der Waals surface area contributed by atoms with Crippen molar-refractivity contribution < 1.29 is 14.4 Å². The summed E-state index contributed by atoms with van der Waals surface area (Å²) in [6, 6.07) is 0. The summed E-state index contributed by atoms with van der Waals surface area (Å²) in [5.41, 5.74) is 0. The lowest BCUT2D eigenvalue weighted by atomic mass is 10.2. The zero-order valence-corrected chi connectivity index (χ0v) is 10.1. The van der Waals surface area contributed by atoms with Gasteiger partial charge in [0.25, 0.3) is 0 Å². The summed E-state index contributed by atoms with van der Waals surface area (Å²) >= 11 is 0. The van der Waals surface area contributed by atoms with Gasteiger partial charge in [-0.05, 0) is 19.8 Å². The van der Waals surface area contributed by atoms with E-state index in [-0.39, 0.29) is 6.10 Å². The molecule has 5 heteroatoms. The number of aromatic nitrogens is 2. The zero-order chi connectivity index (χ0) is 12.0. The number of aliphatic hydroxyl groups excluding tert-OH is 1. The van der Waals surface area contributed by atoms with Crippen LogP contribution in [0.15, 0.2) is 4.52 Å². The number of nitrogens with zero attached hydrogens (tertiary/aromatic N) is 2. The Morgan fingerprint density at radius 1 is 1.31 bits per heavy atom. The number of rotatable bonds is 7. The van der Waals surface area contributed by atoms with Crippen LogP contribution in [0.4, 0.5) is 0 Å². The molecule has 0 aliphatic rings. The quantitative estimate of drug-likeness (QED) is 0.771. The first-order valence-corrected chi connectivity index (χ1v) is 5.83. The molecule has 92 valence electrons. The van der Waals surface area contributed by atoms with Crippen LogP contribution in [0.25, 0.3) is 0 Å². The van der Waals surface area contributed by atoms with Crippen LogP contribution in [-0.4, -0.2) is 28.0 Å². The van der Waals surface area contributed by atoms with Crippen molar-refractivity contribution in [2.24, 2.45) is 0 Å². The molecule has 2 unspecified atom stereocenters. The molecule has 1 aromatic rings. The lowest BCUT2D eigenvalue weighted by molar-refractivity contribution is 0.0518. The van der Waals surface area contributed by atoms with E-state index in [0.29, 0.717) is 31.2 Å². The van der Waals surface area contributed by atoms with Gasteiger partial charge in [0, 0.05) is 6.61 Å². The Morgan fingerprint density at radius 3 is 2.62 bits per heavy atom. The predicted molar refractivity (Wildman–Crippen MR) is 59.0 cm³/mol. The molecule has 1 rings (SSSR count). The van der Waals surface area contributed by atoms with Gasteiger partial charge in [-0.25, -0.2) is 0 Å². The molecule has 0 fully saturated rings. The van der Waals surface area contributed by atoms with Crippen LogP contribution in [0.3, 0.4) is 0 Å². The molecule has 0 aliphatic heterocycles. The molecule has 0 aromatic carbocycles. The minimum absolute atomic E-state index is 0.110. The lowest BCUT2D eigenvalue weighted by Crippen LogP contribution is -2.09. The van der Waals surface area contributed by atoms with Gasteiger partial charge >= 0.3 is 0 Å². The first-order valence-electron chi connectivity index (χ1n) is 5.83. The van der Waals surface area contributed by atoms with Crippen molar-refractivity contribution in [1.29, 1.82) is 0 Å². The first kappa shape index (κ1) is 13.1. The topological polar surface area (TPSA) is 68.4 Å². The molecule has 0 radical (unpaired) electrons. The minimum atomic E-state index is -0.416. The highest BCUT2D eigenvalue weighted by Crippen LogP contribution is 2.18. The smallest absolute Gasteiger partial charge is 0.229 e. The molecule has 0 spiro atoms. The predicted octanol–water partition coefficient (Wildman–Crippen LogP) is 1.87. The van der Waals surface area contributed by atoms with E-state index in [1.807, 2.05) is 20.8 Å². The Balaban J connectivity index is 2.62. The van der Waals surface area contributed by atoms with Crippen molar-refractivity contribution in [3.05, 3.63) is 11.7 Å². The molecule has 0 bridgehead atoms. The summed E-state index contributed by atoms with van der Waals surface area (Å²) in [6.45, 7) is 6.48. The van der Waals surface area contributed by atoms with Gasteiger partial charge < -0.3 is 14.4 Å². The molecule has 0 saturated heterocycles. The summed E-state index contributed by atoms with van der Waals surface area (Å²) in [5, 5.41) is 13.3. The highest BCUT2D eigenvalue weighted by atomic mass is 16.5. The van der Waals surface area contributed by atoms with Gasteiger partial charge in [0.05, 0.1) is 12.5 Å². The Labute approximate surface area is 95.8 Å². The Kier molecular flexibility index (Phi) is 5.42. The fraction of sp³-hybridized carbons (Fsp3) is 0.818. The molecular formula is C11H20N2O3. The van der Waals surface area contributed by atoms with Crippen LogP contribution >= 0.6 is 0 Å². The average molecular weight is 228 g/mol. The van der Waals surface area contributed by atoms with E-state index in [4.69, 9.17) is 9.26 Å². The van der Waals surface area contributed by atoms with Crippen LogP contribution in [0.2, 0.25) is 0 Å². The molecule has 1 heterocycles.